The van der Waals surface area contributed by atoms with Crippen LogP contribution in [0.2, 0.25) is 0 Å². The fraction of sp³-hybridized carbons (Fsp3) is 0.533. The molecule has 0 spiro atoms. The maximum Gasteiger partial charge on any atom is 0.338 e. The van der Waals surface area contributed by atoms with E-state index in [9.17, 15) is 4.79 Å². The van der Waals surface area contributed by atoms with Gasteiger partial charge in [-0.15, -0.1) is 0 Å². The predicted molar refractivity (Wildman–Crippen MR) is 72.3 cm³/mol. The lowest BCUT2D eigenvalue weighted by atomic mass is 10.1. The van der Waals surface area contributed by atoms with E-state index in [1.54, 1.807) is 0 Å². The highest BCUT2D eigenvalue weighted by Gasteiger charge is 2.19. The molecule has 0 amide bonds. The molecule has 0 atom stereocenters. The monoisotopic (exact) mass is 236 g/mol. The van der Waals surface area contributed by atoms with Crippen LogP contribution in [0.15, 0.2) is 24.3 Å². The summed E-state index contributed by atoms with van der Waals surface area (Å²) < 4.78 is 5.33. The van der Waals surface area contributed by atoms with Crippen molar-refractivity contribution in [2.45, 2.75) is 53.6 Å². The first-order valence-corrected chi connectivity index (χ1v) is 6.25. The Morgan fingerprint density at radius 3 is 2.18 bits per heavy atom. The van der Waals surface area contributed by atoms with Gasteiger partial charge in [-0.2, -0.15) is 0 Å². The molecule has 1 rings (SSSR count). The van der Waals surface area contributed by atoms with E-state index >= 15 is 0 Å². The lowest BCUT2D eigenvalue weighted by Gasteiger charge is -2.20. The van der Waals surface area contributed by atoms with Gasteiger partial charge in [-0.3, -0.25) is 0 Å². The number of rotatable bonds is 2. The molecule has 0 saturated heterocycles. The second kappa shape index (κ2) is 7.10. The van der Waals surface area contributed by atoms with E-state index in [4.69, 9.17) is 4.74 Å². The van der Waals surface area contributed by atoms with Gasteiger partial charge in [0.05, 0.1) is 5.56 Å². The lowest BCUT2D eigenvalue weighted by Crippen LogP contribution is -2.24. The minimum absolute atomic E-state index is 0.236. The number of benzene rings is 1. The van der Waals surface area contributed by atoms with Gasteiger partial charge in [-0.25, -0.2) is 4.79 Å². The van der Waals surface area contributed by atoms with E-state index in [0.29, 0.717) is 5.56 Å². The Morgan fingerprint density at radius 2 is 1.71 bits per heavy atom. The van der Waals surface area contributed by atoms with Crippen molar-refractivity contribution in [3.05, 3.63) is 35.4 Å². The van der Waals surface area contributed by atoms with Crippen LogP contribution < -0.4 is 0 Å². The summed E-state index contributed by atoms with van der Waals surface area (Å²) in [6.07, 6.45) is 0.843. The first-order chi connectivity index (χ1) is 7.94. The zero-order valence-corrected chi connectivity index (χ0v) is 11.8. The molecule has 0 aliphatic heterocycles. The molecule has 96 valence electrons. The van der Waals surface area contributed by atoms with Crippen LogP contribution >= 0.6 is 0 Å². The van der Waals surface area contributed by atoms with Crippen molar-refractivity contribution in [2.75, 3.05) is 0 Å². The molecule has 0 saturated carbocycles. The Balaban J connectivity index is 0.00000121. The number of hydrogen-bond donors (Lipinski definition) is 0. The van der Waals surface area contributed by atoms with Crippen molar-refractivity contribution in [1.29, 1.82) is 0 Å². The van der Waals surface area contributed by atoms with Gasteiger partial charge in [0, 0.05) is 0 Å². The Kier molecular flexibility index (Phi) is 6.55. The Labute approximate surface area is 105 Å². The summed E-state index contributed by atoms with van der Waals surface area (Å²) in [6.45, 7) is 11.7. The Hall–Kier alpha value is -1.31. The summed E-state index contributed by atoms with van der Waals surface area (Å²) in [4.78, 5) is 11.8. The summed E-state index contributed by atoms with van der Waals surface area (Å²) in [6, 6.07) is 7.57. The van der Waals surface area contributed by atoms with Gasteiger partial charge >= 0.3 is 5.97 Å². The summed E-state index contributed by atoms with van der Waals surface area (Å²) in [5.41, 5.74) is 1.28. The first-order valence-electron chi connectivity index (χ1n) is 6.25. The topological polar surface area (TPSA) is 26.3 Å². The van der Waals surface area contributed by atoms with Crippen molar-refractivity contribution >= 4 is 5.97 Å². The normalized spacial score (nSPS) is 10.2. The molecule has 0 aliphatic carbocycles. The van der Waals surface area contributed by atoms with Gasteiger partial charge in [0.25, 0.3) is 0 Å². The van der Waals surface area contributed by atoms with Crippen molar-refractivity contribution < 1.29 is 9.53 Å². The molecule has 0 unspecified atom stereocenters. The number of hydrogen-bond acceptors (Lipinski definition) is 2. The van der Waals surface area contributed by atoms with Crippen molar-refractivity contribution in [3.8, 4) is 0 Å². The minimum Gasteiger partial charge on any atom is -0.456 e. The average Bonchev–Trinajstić information content (AvgIpc) is 2.29. The standard InChI is InChI=1S/C13H18O2.C2H6/c1-5-10-8-6-7-9-11(10)12(14)15-13(2,3)4;1-2/h6-9H,5H2,1-4H3;1-2H3. The van der Waals surface area contributed by atoms with Crippen LogP contribution in [0.3, 0.4) is 0 Å². The third-order valence-corrected chi connectivity index (χ3v) is 2.02. The molecular formula is C15H24O2. The zero-order chi connectivity index (χ0) is 13.5. The summed E-state index contributed by atoms with van der Waals surface area (Å²) >= 11 is 0. The third kappa shape index (κ3) is 5.53. The molecule has 1 aromatic rings. The van der Waals surface area contributed by atoms with Gasteiger partial charge in [-0.05, 0) is 38.8 Å². The number of aryl methyl sites for hydroxylation is 1. The van der Waals surface area contributed by atoms with E-state index in [0.717, 1.165) is 12.0 Å². The summed E-state index contributed by atoms with van der Waals surface area (Å²) in [7, 11) is 0. The van der Waals surface area contributed by atoms with Crippen LogP contribution in [0.5, 0.6) is 0 Å². The lowest BCUT2D eigenvalue weighted by molar-refractivity contribution is 0.00684. The maximum atomic E-state index is 11.8. The van der Waals surface area contributed by atoms with Gasteiger partial charge in [0.2, 0.25) is 0 Å². The smallest absolute Gasteiger partial charge is 0.338 e. The Bertz CT molecular complexity index is 348. The van der Waals surface area contributed by atoms with E-state index in [-0.39, 0.29) is 5.97 Å². The van der Waals surface area contributed by atoms with Crippen molar-refractivity contribution in [2.24, 2.45) is 0 Å². The molecule has 17 heavy (non-hydrogen) atoms. The number of esters is 1. The van der Waals surface area contributed by atoms with Crippen molar-refractivity contribution in [3.63, 3.8) is 0 Å². The molecule has 0 aliphatic rings. The van der Waals surface area contributed by atoms with E-state index < -0.39 is 5.60 Å². The Morgan fingerprint density at radius 1 is 1.18 bits per heavy atom. The molecule has 2 nitrogen and oxygen atoms in total. The molecule has 0 aromatic heterocycles. The van der Waals surface area contributed by atoms with E-state index in [1.165, 1.54) is 0 Å². The predicted octanol–water partition coefficient (Wildman–Crippen LogP) is 4.23. The van der Waals surface area contributed by atoms with Gasteiger partial charge in [0.15, 0.2) is 0 Å². The van der Waals surface area contributed by atoms with Crippen LogP contribution in [-0.4, -0.2) is 11.6 Å². The molecule has 1 aromatic carbocycles. The van der Waals surface area contributed by atoms with Crippen LogP contribution in [0.25, 0.3) is 0 Å². The molecule has 0 fully saturated rings. The highest BCUT2D eigenvalue weighted by molar-refractivity contribution is 5.91. The van der Waals surface area contributed by atoms with E-state index in [2.05, 4.69) is 0 Å². The molecule has 0 bridgehead atoms. The summed E-state index contributed by atoms with van der Waals surface area (Å²) in [5, 5.41) is 0. The SMILES string of the molecule is CC.CCc1ccccc1C(=O)OC(C)(C)C. The molecule has 0 N–H and O–H groups in total. The van der Waals surface area contributed by atoms with Gasteiger partial charge < -0.3 is 4.74 Å². The number of ether oxygens (including phenoxy) is 1. The second-order valence-electron chi connectivity index (χ2n) is 4.51. The van der Waals surface area contributed by atoms with Gasteiger partial charge in [-0.1, -0.05) is 39.0 Å². The van der Waals surface area contributed by atoms with Gasteiger partial charge in [0.1, 0.15) is 5.60 Å². The van der Waals surface area contributed by atoms with Crippen LogP contribution in [0.4, 0.5) is 0 Å². The molecule has 0 radical (unpaired) electrons. The maximum absolute atomic E-state index is 11.8. The van der Waals surface area contributed by atoms with Crippen molar-refractivity contribution in [1.82, 2.24) is 0 Å². The zero-order valence-electron chi connectivity index (χ0n) is 11.8. The van der Waals surface area contributed by atoms with Crippen LogP contribution in [0.1, 0.15) is 57.5 Å². The fourth-order valence-corrected chi connectivity index (χ4v) is 1.36. The first kappa shape index (κ1) is 15.7. The molecule has 0 heterocycles. The largest absolute Gasteiger partial charge is 0.456 e. The average molecular weight is 236 g/mol. The molecular weight excluding hydrogens is 212 g/mol. The summed E-state index contributed by atoms with van der Waals surface area (Å²) in [5.74, 6) is -0.236. The fourth-order valence-electron chi connectivity index (χ4n) is 1.36. The van der Waals surface area contributed by atoms with Crippen LogP contribution in [0, 0.1) is 0 Å². The van der Waals surface area contributed by atoms with Crippen LogP contribution in [-0.2, 0) is 11.2 Å². The second-order valence-corrected chi connectivity index (χ2v) is 4.51. The molecule has 2 heteroatoms. The number of carbonyl (C=O) groups excluding carboxylic acids is 1. The third-order valence-electron chi connectivity index (χ3n) is 2.02. The highest BCUT2D eigenvalue weighted by Crippen LogP contribution is 2.15. The quantitative estimate of drug-likeness (QED) is 0.718. The minimum atomic E-state index is -0.433. The number of carbonyl (C=O) groups is 1. The highest BCUT2D eigenvalue weighted by atomic mass is 16.6. The van der Waals surface area contributed by atoms with E-state index in [1.807, 2.05) is 65.8 Å².